The van der Waals surface area contributed by atoms with Crippen molar-refractivity contribution in [3.63, 3.8) is 0 Å². The molecule has 0 aromatic carbocycles. The Balaban J connectivity index is 0.00000112. The highest BCUT2D eigenvalue weighted by molar-refractivity contribution is 4.77. The van der Waals surface area contributed by atoms with Gasteiger partial charge >= 0.3 is 0 Å². The standard InChI is InChI=1S/C17H34N2.2C2H6/c1-3-4-5-6-16-9-13-19(14-10-16)15-17-7-11-18(2)12-8-17;2*1-2/h16-17H,3-15H2,1-2H3;2*1-2H3. The minimum atomic E-state index is 0.979. The van der Waals surface area contributed by atoms with Gasteiger partial charge in [-0.2, -0.15) is 0 Å². The molecule has 0 radical (unpaired) electrons. The molecule has 2 heterocycles. The van der Waals surface area contributed by atoms with Gasteiger partial charge in [0.2, 0.25) is 0 Å². The quantitative estimate of drug-likeness (QED) is 0.580. The highest BCUT2D eigenvalue weighted by Crippen LogP contribution is 2.25. The molecular formula is C21H46N2. The van der Waals surface area contributed by atoms with E-state index in [0.29, 0.717) is 0 Å². The van der Waals surface area contributed by atoms with Gasteiger partial charge in [0.1, 0.15) is 0 Å². The van der Waals surface area contributed by atoms with Crippen LogP contribution in [0.1, 0.15) is 86.0 Å². The van der Waals surface area contributed by atoms with Crippen LogP contribution in [0.3, 0.4) is 0 Å². The summed E-state index contributed by atoms with van der Waals surface area (Å²) in [4.78, 5) is 5.24. The van der Waals surface area contributed by atoms with Crippen molar-refractivity contribution in [2.24, 2.45) is 11.8 Å². The minimum absolute atomic E-state index is 0.979. The van der Waals surface area contributed by atoms with Gasteiger partial charge in [0, 0.05) is 6.54 Å². The molecule has 2 fully saturated rings. The zero-order valence-corrected chi connectivity index (χ0v) is 17.2. The van der Waals surface area contributed by atoms with Crippen LogP contribution in [0.5, 0.6) is 0 Å². The molecule has 2 saturated heterocycles. The molecule has 0 aliphatic carbocycles. The van der Waals surface area contributed by atoms with Crippen LogP contribution in [-0.2, 0) is 0 Å². The van der Waals surface area contributed by atoms with E-state index in [1.165, 1.54) is 84.1 Å². The molecule has 0 spiro atoms. The molecule has 2 aliphatic rings. The van der Waals surface area contributed by atoms with Crippen molar-refractivity contribution in [1.29, 1.82) is 0 Å². The molecule has 0 atom stereocenters. The molecular weight excluding hydrogens is 280 g/mol. The van der Waals surface area contributed by atoms with Crippen LogP contribution in [0.25, 0.3) is 0 Å². The lowest BCUT2D eigenvalue weighted by molar-refractivity contribution is 0.124. The van der Waals surface area contributed by atoms with E-state index in [-0.39, 0.29) is 0 Å². The maximum absolute atomic E-state index is 2.76. The molecule has 2 heteroatoms. The van der Waals surface area contributed by atoms with Gasteiger partial charge in [0.25, 0.3) is 0 Å². The predicted octanol–water partition coefficient (Wildman–Crippen LogP) is 5.67. The third kappa shape index (κ3) is 10.4. The fourth-order valence-electron chi connectivity index (χ4n) is 3.75. The van der Waals surface area contributed by atoms with Gasteiger partial charge in [-0.05, 0) is 70.7 Å². The molecule has 0 aromatic heterocycles. The van der Waals surface area contributed by atoms with Crippen LogP contribution in [0.2, 0.25) is 0 Å². The van der Waals surface area contributed by atoms with Crippen LogP contribution < -0.4 is 0 Å². The van der Waals surface area contributed by atoms with E-state index in [2.05, 4.69) is 23.8 Å². The van der Waals surface area contributed by atoms with Crippen molar-refractivity contribution in [2.45, 2.75) is 86.0 Å². The normalized spacial score (nSPS) is 21.1. The fourth-order valence-corrected chi connectivity index (χ4v) is 3.75. The first-order valence-electron chi connectivity index (χ1n) is 10.7. The Hall–Kier alpha value is -0.0800. The van der Waals surface area contributed by atoms with Gasteiger partial charge in [-0.15, -0.1) is 0 Å². The van der Waals surface area contributed by atoms with Crippen molar-refractivity contribution in [1.82, 2.24) is 9.80 Å². The summed E-state index contributed by atoms with van der Waals surface area (Å²) in [5, 5.41) is 0. The summed E-state index contributed by atoms with van der Waals surface area (Å²) in [6.07, 6.45) is 11.6. The number of hydrogen-bond donors (Lipinski definition) is 0. The van der Waals surface area contributed by atoms with Gasteiger partial charge in [0.05, 0.1) is 0 Å². The molecule has 0 bridgehead atoms. The van der Waals surface area contributed by atoms with Crippen molar-refractivity contribution in [3.8, 4) is 0 Å². The molecule has 0 saturated carbocycles. The minimum Gasteiger partial charge on any atom is -0.306 e. The van der Waals surface area contributed by atoms with Crippen molar-refractivity contribution >= 4 is 0 Å². The average molecular weight is 327 g/mol. The number of rotatable bonds is 6. The van der Waals surface area contributed by atoms with Gasteiger partial charge in [-0.3, -0.25) is 0 Å². The Morgan fingerprint density at radius 1 is 0.739 bits per heavy atom. The summed E-state index contributed by atoms with van der Waals surface area (Å²) >= 11 is 0. The third-order valence-corrected chi connectivity index (χ3v) is 5.28. The summed E-state index contributed by atoms with van der Waals surface area (Å²) < 4.78 is 0. The van der Waals surface area contributed by atoms with Crippen LogP contribution in [0.4, 0.5) is 0 Å². The van der Waals surface area contributed by atoms with Crippen molar-refractivity contribution in [3.05, 3.63) is 0 Å². The first-order chi connectivity index (χ1) is 11.3. The summed E-state index contributed by atoms with van der Waals surface area (Å²) in [6, 6.07) is 0. The van der Waals surface area contributed by atoms with E-state index in [4.69, 9.17) is 0 Å². The number of unbranched alkanes of at least 4 members (excludes halogenated alkanes) is 2. The van der Waals surface area contributed by atoms with E-state index in [9.17, 15) is 0 Å². The van der Waals surface area contributed by atoms with Gasteiger partial charge in [-0.1, -0.05) is 60.3 Å². The second-order valence-electron chi connectivity index (χ2n) is 6.99. The van der Waals surface area contributed by atoms with E-state index in [1.807, 2.05) is 27.7 Å². The van der Waals surface area contributed by atoms with Gasteiger partial charge in [0.15, 0.2) is 0 Å². The van der Waals surface area contributed by atoms with Crippen LogP contribution in [0, 0.1) is 11.8 Å². The Morgan fingerprint density at radius 2 is 1.26 bits per heavy atom. The Bertz CT molecular complexity index is 226. The maximum atomic E-state index is 2.76. The fraction of sp³-hybridized carbons (Fsp3) is 1.00. The first kappa shape index (κ1) is 22.9. The molecule has 2 nitrogen and oxygen atoms in total. The molecule has 0 amide bonds. The molecule has 0 unspecified atom stereocenters. The van der Waals surface area contributed by atoms with Crippen LogP contribution in [-0.4, -0.2) is 49.6 Å². The molecule has 2 rings (SSSR count). The lowest BCUT2D eigenvalue weighted by atomic mass is 9.90. The SMILES string of the molecule is CC.CC.CCCCCC1CCN(CC2CCN(C)CC2)CC1. The lowest BCUT2D eigenvalue weighted by Crippen LogP contribution is -2.40. The number of piperidine rings is 2. The van der Waals surface area contributed by atoms with Crippen LogP contribution in [0.15, 0.2) is 0 Å². The zero-order valence-electron chi connectivity index (χ0n) is 17.2. The summed E-state index contributed by atoms with van der Waals surface area (Å²) in [5.41, 5.74) is 0. The summed E-state index contributed by atoms with van der Waals surface area (Å²) in [7, 11) is 2.26. The number of hydrogen-bond acceptors (Lipinski definition) is 2. The first-order valence-corrected chi connectivity index (χ1v) is 10.7. The largest absolute Gasteiger partial charge is 0.306 e. The van der Waals surface area contributed by atoms with E-state index in [1.54, 1.807) is 0 Å². The second-order valence-corrected chi connectivity index (χ2v) is 6.99. The summed E-state index contributed by atoms with van der Waals surface area (Å²) in [6.45, 7) is 17.1. The van der Waals surface area contributed by atoms with E-state index in [0.717, 1.165) is 11.8 Å². The Kier molecular flexibility index (Phi) is 15.4. The van der Waals surface area contributed by atoms with Crippen molar-refractivity contribution in [2.75, 3.05) is 39.8 Å². The van der Waals surface area contributed by atoms with E-state index < -0.39 is 0 Å². The third-order valence-electron chi connectivity index (χ3n) is 5.28. The summed E-state index contributed by atoms with van der Waals surface area (Å²) in [5.74, 6) is 2.02. The lowest BCUT2D eigenvalue weighted by Gasteiger charge is -2.37. The molecule has 2 aliphatic heterocycles. The highest BCUT2D eigenvalue weighted by atomic mass is 15.1. The van der Waals surface area contributed by atoms with Crippen molar-refractivity contribution < 1.29 is 0 Å². The molecule has 140 valence electrons. The highest BCUT2D eigenvalue weighted by Gasteiger charge is 2.23. The monoisotopic (exact) mass is 326 g/mol. The molecule has 0 aromatic rings. The topological polar surface area (TPSA) is 6.48 Å². The average Bonchev–Trinajstić information content (AvgIpc) is 2.62. The molecule has 23 heavy (non-hydrogen) atoms. The Morgan fingerprint density at radius 3 is 1.78 bits per heavy atom. The molecule has 0 N–H and O–H groups in total. The van der Waals surface area contributed by atoms with Gasteiger partial charge < -0.3 is 9.80 Å². The smallest absolute Gasteiger partial charge is 0.00106 e. The maximum Gasteiger partial charge on any atom is 0.00106 e. The van der Waals surface area contributed by atoms with Gasteiger partial charge in [-0.25, -0.2) is 0 Å². The van der Waals surface area contributed by atoms with E-state index >= 15 is 0 Å². The predicted molar refractivity (Wildman–Crippen MR) is 106 cm³/mol. The number of nitrogens with zero attached hydrogens (tertiary/aromatic N) is 2. The second kappa shape index (κ2) is 15.4. The zero-order chi connectivity index (χ0) is 17.5. The Labute approximate surface area is 148 Å². The number of likely N-dealkylation sites (tertiary alicyclic amines) is 2. The van der Waals surface area contributed by atoms with Crippen LogP contribution >= 0.6 is 0 Å².